The van der Waals surface area contributed by atoms with E-state index in [0.29, 0.717) is 12.1 Å². The van der Waals surface area contributed by atoms with Gasteiger partial charge in [-0.1, -0.05) is 13.0 Å². The first-order chi connectivity index (χ1) is 9.19. The van der Waals surface area contributed by atoms with Gasteiger partial charge in [0.1, 0.15) is 0 Å². The van der Waals surface area contributed by atoms with E-state index in [9.17, 15) is 0 Å². The SMILES string of the molecule is CCCN(Cc1ccc(C)cn1)C1CCC(N)CC1. The van der Waals surface area contributed by atoms with Gasteiger partial charge in [-0.2, -0.15) is 0 Å². The van der Waals surface area contributed by atoms with Crippen LogP contribution in [0.2, 0.25) is 0 Å². The Labute approximate surface area is 117 Å². The standard InChI is InChI=1S/C16H27N3/c1-3-10-19(16-8-5-14(17)6-9-16)12-15-7-4-13(2)11-18-15/h4,7,11,14,16H,3,5-6,8-10,12,17H2,1-2H3. The third kappa shape index (κ3) is 4.29. The van der Waals surface area contributed by atoms with Crippen LogP contribution in [0.3, 0.4) is 0 Å². The Morgan fingerprint density at radius 2 is 2.00 bits per heavy atom. The summed E-state index contributed by atoms with van der Waals surface area (Å²) in [5.74, 6) is 0. The molecule has 1 aliphatic rings. The lowest BCUT2D eigenvalue weighted by molar-refractivity contribution is 0.140. The molecule has 19 heavy (non-hydrogen) atoms. The summed E-state index contributed by atoms with van der Waals surface area (Å²) in [6, 6.07) is 5.44. The van der Waals surface area contributed by atoms with Crippen molar-refractivity contribution in [3.8, 4) is 0 Å². The molecule has 2 rings (SSSR count). The smallest absolute Gasteiger partial charge is 0.0544 e. The Hall–Kier alpha value is -0.930. The molecule has 0 aromatic carbocycles. The Bertz CT molecular complexity index is 366. The minimum Gasteiger partial charge on any atom is -0.328 e. The van der Waals surface area contributed by atoms with E-state index >= 15 is 0 Å². The van der Waals surface area contributed by atoms with Crippen molar-refractivity contribution in [1.82, 2.24) is 9.88 Å². The van der Waals surface area contributed by atoms with Gasteiger partial charge in [0.05, 0.1) is 5.69 Å². The summed E-state index contributed by atoms with van der Waals surface area (Å²) >= 11 is 0. The second-order valence-corrected chi connectivity index (χ2v) is 5.87. The molecular weight excluding hydrogens is 234 g/mol. The molecule has 3 heteroatoms. The summed E-state index contributed by atoms with van der Waals surface area (Å²) in [7, 11) is 0. The van der Waals surface area contributed by atoms with E-state index in [0.717, 1.165) is 13.1 Å². The fourth-order valence-corrected chi connectivity index (χ4v) is 2.94. The lowest BCUT2D eigenvalue weighted by Crippen LogP contribution is -2.41. The number of nitrogens with two attached hydrogens (primary N) is 1. The van der Waals surface area contributed by atoms with E-state index in [1.54, 1.807) is 0 Å². The van der Waals surface area contributed by atoms with Gasteiger partial charge in [-0.05, 0) is 57.2 Å². The van der Waals surface area contributed by atoms with Gasteiger partial charge in [-0.25, -0.2) is 0 Å². The molecule has 106 valence electrons. The number of aryl methyl sites for hydroxylation is 1. The molecular formula is C16H27N3. The average Bonchev–Trinajstić information content (AvgIpc) is 2.42. The molecule has 0 amide bonds. The number of rotatable bonds is 5. The van der Waals surface area contributed by atoms with E-state index < -0.39 is 0 Å². The Morgan fingerprint density at radius 1 is 1.26 bits per heavy atom. The molecule has 1 aromatic heterocycles. The monoisotopic (exact) mass is 261 g/mol. The van der Waals surface area contributed by atoms with E-state index in [1.165, 1.54) is 43.4 Å². The molecule has 3 nitrogen and oxygen atoms in total. The van der Waals surface area contributed by atoms with Gasteiger partial charge in [0.15, 0.2) is 0 Å². The highest BCUT2D eigenvalue weighted by molar-refractivity contribution is 5.12. The predicted molar refractivity (Wildman–Crippen MR) is 79.9 cm³/mol. The predicted octanol–water partition coefficient (Wildman–Crippen LogP) is 2.87. The van der Waals surface area contributed by atoms with Crippen molar-refractivity contribution in [2.75, 3.05) is 6.54 Å². The molecule has 0 bridgehead atoms. The molecule has 0 unspecified atom stereocenters. The third-order valence-electron chi connectivity index (χ3n) is 4.11. The molecule has 1 aliphatic carbocycles. The maximum Gasteiger partial charge on any atom is 0.0544 e. The lowest BCUT2D eigenvalue weighted by Gasteiger charge is -2.35. The van der Waals surface area contributed by atoms with Crippen LogP contribution in [0.25, 0.3) is 0 Å². The van der Waals surface area contributed by atoms with Crippen LogP contribution in [0.1, 0.15) is 50.3 Å². The van der Waals surface area contributed by atoms with Gasteiger partial charge in [-0.15, -0.1) is 0 Å². The molecule has 1 fully saturated rings. The highest BCUT2D eigenvalue weighted by Crippen LogP contribution is 2.23. The number of pyridine rings is 1. The largest absolute Gasteiger partial charge is 0.328 e. The molecule has 0 radical (unpaired) electrons. The number of nitrogens with zero attached hydrogens (tertiary/aromatic N) is 2. The first-order valence-electron chi connectivity index (χ1n) is 7.60. The van der Waals surface area contributed by atoms with Crippen molar-refractivity contribution in [2.45, 2.75) is 64.6 Å². The van der Waals surface area contributed by atoms with Crippen LogP contribution in [-0.2, 0) is 6.54 Å². The quantitative estimate of drug-likeness (QED) is 0.886. The Kier molecular flexibility index (Phi) is 5.34. The number of hydrogen-bond donors (Lipinski definition) is 1. The third-order valence-corrected chi connectivity index (χ3v) is 4.11. The Balaban J connectivity index is 1.97. The minimum absolute atomic E-state index is 0.428. The van der Waals surface area contributed by atoms with Gasteiger partial charge >= 0.3 is 0 Å². The van der Waals surface area contributed by atoms with E-state index in [1.807, 2.05) is 6.20 Å². The Morgan fingerprint density at radius 3 is 2.58 bits per heavy atom. The van der Waals surface area contributed by atoms with Crippen molar-refractivity contribution < 1.29 is 0 Å². The zero-order chi connectivity index (χ0) is 13.7. The second kappa shape index (κ2) is 7.01. The van der Waals surface area contributed by atoms with Gasteiger partial charge in [-0.3, -0.25) is 9.88 Å². The zero-order valence-corrected chi connectivity index (χ0v) is 12.3. The summed E-state index contributed by atoms with van der Waals surface area (Å²) in [5.41, 5.74) is 8.43. The first kappa shape index (κ1) is 14.5. The van der Waals surface area contributed by atoms with Crippen molar-refractivity contribution in [3.63, 3.8) is 0 Å². The van der Waals surface area contributed by atoms with Gasteiger partial charge < -0.3 is 5.73 Å². The zero-order valence-electron chi connectivity index (χ0n) is 12.3. The van der Waals surface area contributed by atoms with Gasteiger partial charge in [0.2, 0.25) is 0 Å². The van der Waals surface area contributed by atoms with Crippen molar-refractivity contribution >= 4 is 0 Å². The first-order valence-corrected chi connectivity index (χ1v) is 7.60. The van der Waals surface area contributed by atoms with Crippen molar-refractivity contribution in [1.29, 1.82) is 0 Å². The highest BCUT2D eigenvalue weighted by Gasteiger charge is 2.23. The van der Waals surface area contributed by atoms with Crippen LogP contribution in [-0.4, -0.2) is 28.5 Å². The summed E-state index contributed by atoms with van der Waals surface area (Å²) in [5, 5.41) is 0. The number of aromatic nitrogens is 1. The molecule has 1 saturated carbocycles. The minimum atomic E-state index is 0.428. The molecule has 0 spiro atoms. The molecule has 0 atom stereocenters. The normalized spacial score (nSPS) is 23.8. The van der Waals surface area contributed by atoms with Crippen LogP contribution < -0.4 is 5.73 Å². The molecule has 1 heterocycles. The maximum atomic E-state index is 6.01. The lowest BCUT2D eigenvalue weighted by atomic mass is 9.90. The van der Waals surface area contributed by atoms with Crippen LogP contribution in [0, 0.1) is 6.92 Å². The molecule has 1 aromatic rings. The summed E-state index contributed by atoms with van der Waals surface area (Å²) in [6.07, 6.45) is 8.00. The summed E-state index contributed by atoms with van der Waals surface area (Å²) < 4.78 is 0. The van der Waals surface area contributed by atoms with Gasteiger partial charge in [0, 0.05) is 24.8 Å². The van der Waals surface area contributed by atoms with Crippen LogP contribution in [0.4, 0.5) is 0 Å². The summed E-state index contributed by atoms with van der Waals surface area (Å²) in [6.45, 7) is 6.48. The van der Waals surface area contributed by atoms with Crippen LogP contribution >= 0.6 is 0 Å². The second-order valence-electron chi connectivity index (χ2n) is 5.87. The summed E-state index contributed by atoms with van der Waals surface area (Å²) in [4.78, 5) is 7.14. The molecule has 2 N–H and O–H groups in total. The molecule has 0 aliphatic heterocycles. The number of hydrogen-bond acceptors (Lipinski definition) is 3. The van der Waals surface area contributed by atoms with E-state index in [-0.39, 0.29) is 0 Å². The van der Waals surface area contributed by atoms with Crippen LogP contribution in [0.5, 0.6) is 0 Å². The fraction of sp³-hybridized carbons (Fsp3) is 0.688. The van der Waals surface area contributed by atoms with Gasteiger partial charge in [0.25, 0.3) is 0 Å². The van der Waals surface area contributed by atoms with E-state index in [4.69, 9.17) is 5.73 Å². The van der Waals surface area contributed by atoms with Crippen LogP contribution in [0.15, 0.2) is 18.3 Å². The fourth-order valence-electron chi connectivity index (χ4n) is 2.94. The topological polar surface area (TPSA) is 42.2 Å². The van der Waals surface area contributed by atoms with Crippen molar-refractivity contribution in [2.24, 2.45) is 5.73 Å². The van der Waals surface area contributed by atoms with E-state index in [2.05, 4.69) is 35.9 Å². The molecule has 0 saturated heterocycles. The highest BCUT2D eigenvalue weighted by atomic mass is 15.2. The van der Waals surface area contributed by atoms with Crippen molar-refractivity contribution in [3.05, 3.63) is 29.6 Å². The maximum absolute atomic E-state index is 6.01. The average molecular weight is 261 g/mol.